The lowest BCUT2D eigenvalue weighted by Gasteiger charge is -2.10. The molecule has 0 fully saturated rings. The lowest BCUT2D eigenvalue weighted by molar-refractivity contribution is 0.102. The number of halogens is 1. The van der Waals surface area contributed by atoms with Crippen molar-refractivity contribution in [3.05, 3.63) is 53.3 Å². The number of hydrogen-bond donors (Lipinski definition) is 2. The smallest absolute Gasteiger partial charge is 0.258 e. The first kappa shape index (κ1) is 17.4. The Labute approximate surface area is 139 Å². The monoisotopic (exact) mass is 353 g/mol. The van der Waals surface area contributed by atoms with Gasteiger partial charge in [-0.05, 0) is 50.2 Å². The topological polar surface area (TPSA) is 88.2 Å². The molecule has 2 aromatic rings. The van der Waals surface area contributed by atoms with Crippen molar-refractivity contribution in [2.24, 2.45) is 0 Å². The zero-order valence-corrected chi connectivity index (χ0v) is 14.1. The Morgan fingerprint density at radius 3 is 2.39 bits per heavy atom. The summed E-state index contributed by atoms with van der Waals surface area (Å²) in [5, 5.41) is 2.74. The van der Waals surface area contributed by atoms with E-state index in [4.69, 9.17) is 11.6 Å². The SMILES string of the molecule is CC(C)NS(=O)(=O)c1ccc(NC(=O)c2cccnc2Cl)cc1. The third-order valence-corrected chi connectivity index (χ3v) is 4.79. The normalized spacial score (nSPS) is 11.5. The fraction of sp³-hybridized carbons (Fsp3) is 0.200. The molecule has 1 amide bonds. The van der Waals surface area contributed by atoms with Gasteiger partial charge in [-0.1, -0.05) is 11.6 Å². The number of nitrogens with one attached hydrogen (secondary N) is 2. The van der Waals surface area contributed by atoms with Gasteiger partial charge < -0.3 is 5.32 Å². The van der Waals surface area contributed by atoms with Crippen LogP contribution in [0.15, 0.2) is 47.5 Å². The van der Waals surface area contributed by atoms with Crippen molar-refractivity contribution in [2.75, 3.05) is 5.32 Å². The average Bonchev–Trinajstić information content (AvgIpc) is 2.47. The van der Waals surface area contributed by atoms with Crippen LogP contribution in [0.4, 0.5) is 5.69 Å². The number of rotatable bonds is 5. The first-order valence-electron chi connectivity index (χ1n) is 6.84. The summed E-state index contributed by atoms with van der Waals surface area (Å²) in [6.07, 6.45) is 1.49. The minimum absolute atomic E-state index is 0.102. The van der Waals surface area contributed by atoms with Crippen molar-refractivity contribution >= 4 is 33.2 Å². The highest BCUT2D eigenvalue weighted by Gasteiger charge is 2.16. The number of anilines is 1. The van der Waals surface area contributed by atoms with E-state index in [1.807, 2.05) is 0 Å². The van der Waals surface area contributed by atoms with E-state index in [-0.39, 0.29) is 21.7 Å². The van der Waals surface area contributed by atoms with Gasteiger partial charge in [0.1, 0.15) is 5.15 Å². The van der Waals surface area contributed by atoms with Crippen molar-refractivity contribution in [1.82, 2.24) is 9.71 Å². The largest absolute Gasteiger partial charge is 0.322 e. The Balaban J connectivity index is 2.15. The number of amides is 1. The minimum atomic E-state index is -3.56. The van der Waals surface area contributed by atoms with Crippen LogP contribution >= 0.6 is 11.6 Å². The Morgan fingerprint density at radius 1 is 1.17 bits per heavy atom. The van der Waals surface area contributed by atoms with Gasteiger partial charge in [-0.3, -0.25) is 4.79 Å². The van der Waals surface area contributed by atoms with Gasteiger partial charge in [0, 0.05) is 17.9 Å². The molecule has 0 aliphatic heterocycles. The Kier molecular flexibility index (Phi) is 5.35. The zero-order chi connectivity index (χ0) is 17.0. The first-order valence-corrected chi connectivity index (χ1v) is 8.70. The zero-order valence-electron chi connectivity index (χ0n) is 12.6. The average molecular weight is 354 g/mol. The van der Waals surface area contributed by atoms with Crippen LogP contribution in [0.25, 0.3) is 0 Å². The molecular formula is C15H16ClN3O3S. The van der Waals surface area contributed by atoms with Crippen LogP contribution in [0.5, 0.6) is 0 Å². The lowest BCUT2D eigenvalue weighted by atomic mass is 10.2. The molecule has 23 heavy (non-hydrogen) atoms. The van der Waals surface area contributed by atoms with Crippen LogP contribution in [0.2, 0.25) is 5.15 Å². The second-order valence-electron chi connectivity index (χ2n) is 5.10. The van der Waals surface area contributed by atoms with Crippen molar-refractivity contribution < 1.29 is 13.2 Å². The molecule has 1 heterocycles. The van der Waals surface area contributed by atoms with Crippen molar-refractivity contribution in [1.29, 1.82) is 0 Å². The second-order valence-corrected chi connectivity index (χ2v) is 7.17. The highest BCUT2D eigenvalue weighted by atomic mass is 35.5. The molecule has 0 saturated carbocycles. The predicted molar refractivity (Wildman–Crippen MR) is 89.1 cm³/mol. The highest BCUT2D eigenvalue weighted by Crippen LogP contribution is 2.17. The van der Waals surface area contributed by atoms with Crippen LogP contribution in [-0.2, 0) is 10.0 Å². The number of aromatic nitrogens is 1. The number of sulfonamides is 1. The molecule has 0 aliphatic carbocycles. The van der Waals surface area contributed by atoms with Gasteiger partial charge in [-0.2, -0.15) is 0 Å². The van der Waals surface area contributed by atoms with E-state index in [1.54, 1.807) is 26.0 Å². The molecule has 0 aliphatic rings. The maximum Gasteiger partial charge on any atom is 0.258 e. The molecular weight excluding hydrogens is 338 g/mol. The van der Waals surface area contributed by atoms with Gasteiger partial charge in [-0.25, -0.2) is 18.1 Å². The summed E-state index contributed by atoms with van der Waals surface area (Å²) in [5.74, 6) is -0.418. The third-order valence-electron chi connectivity index (χ3n) is 2.82. The standard InChI is InChI=1S/C15H16ClN3O3S/c1-10(2)19-23(21,22)12-7-5-11(6-8-12)18-15(20)13-4-3-9-17-14(13)16/h3-10,19H,1-2H3,(H,18,20). The van der Waals surface area contributed by atoms with Gasteiger partial charge in [0.25, 0.3) is 5.91 Å². The number of benzene rings is 1. The maximum atomic E-state index is 12.1. The van der Waals surface area contributed by atoms with Crippen LogP contribution in [0.1, 0.15) is 24.2 Å². The molecule has 0 atom stereocenters. The number of nitrogens with zero attached hydrogens (tertiary/aromatic N) is 1. The summed E-state index contributed by atoms with van der Waals surface area (Å²) in [4.78, 5) is 16.1. The maximum absolute atomic E-state index is 12.1. The molecule has 0 unspecified atom stereocenters. The Bertz CT molecular complexity index is 805. The molecule has 0 saturated heterocycles. The van der Waals surface area contributed by atoms with Crippen LogP contribution in [0, 0.1) is 0 Å². The third kappa shape index (κ3) is 4.51. The highest BCUT2D eigenvalue weighted by molar-refractivity contribution is 7.89. The molecule has 122 valence electrons. The summed E-state index contributed by atoms with van der Waals surface area (Å²) in [5.41, 5.74) is 0.700. The first-order chi connectivity index (χ1) is 10.8. The van der Waals surface area contributed by atoms with Gasteiger partial charge in [0.05, 0.1) is 10.5 Å². The summed E-state index contributed by atoms with van der Waals surface area (Å²) in [6, 6.07) is 8.82. The fourth-order valence-corrected chi connectivity index (χ4v) is 3.31. The van der Waals surface area contributed by atoms with Crippen molar-refractivity contribution in [3.8, 4) is 0 Å². The summed E-state index contributed by atoms with van der Waals surface area (Å²) in [6.45, 7) is 3.48. The molecule has 1 aromatic carbocycles. The molecule has 2 N–H and O–H groups in total. The van der Waals surface area contributed by atoms with Gasteiger partial charge in [0.15, 0.2) is 0 Å². The van der Waals surface area contributed by atoms with E-state index < -0.39 is 15.9 Å². The van der Waals surface area contributed by atoms with Gasteiger partial charge in [0.2, 0.25) is 10.0 Å². The van der Waals surface area contributed by atoms with E-state index in [0.29, 0.717) is 5.69 Å². The predicted octanol–water partition coefficient (Wildman–Crippen LogP) is 2.67. The molecule has 2 rings (SSSR count). The number of pyridine rings is 1. The molecule has 0 spiro atoms. The quantitative estimate of drug-likeness (QED) is 0.809. The van der Waals surface area contributed by atoms with E-state index in [2.05, 4.69) is 15.0 Å². The van der Waals surface area contributed by atoms with Gasteiger partial charge in [-0.15, -0.1) is 0 Å². The fourth-order valence-electron chi connectivity index (χ4n) is 1.85. The Hall–Kier alpha value is -1.96. The van der Waals surface area contributed by atoms with E-state index in [0.717, 1.165) is 0 Å². The molecule has 1 aromatic heterocycles. The molecule has 0 bridgehead atoms. The van der Waals surface area contributed by atoms with Crippen molar-refractivity contribution in [3.63, 3.8) is 0 Å². The number of carbonyl (C=O) groups is 1. The van der Waals surface area contributed by atoms with E-state index in [9.17, 15) is 13.2 Å². The minimum Gasteiger partial charge on any atom is -0.322 e. The summed E-state index contributed by atoms with van der Waals surface area (Å²) >= 11 is 5.86. The lowest BCUT2D eigenvalue weighted by Crippen LogP contribution is -2.30. The second kappa shape index (κ2) is 7.08. The van der Waals surface area contributed by atoms with Crippen molar-refractivity contribution in [2.45, 2.75) is 24.8 Å². The summed E-state index contributed by atoms with van der Waals surface area (Å²) < 4.78 is 26.5. The van der Waals surface area contributed by atoms with Crippen LogP contribution < -0.4 is 10.0 Å². The van der Waals surface area contributed by atoms with Crippen LogP contribution in [0.3, 0.4) is 0 Å². The summed E-state index contributed by atoms with van der Waals surface area (Å²) in [7, 11) is -3.56. The number of carbonyl (C=O) groups excluding carboxylic acids is 1. The Morgan fingerprint density at radius 2 is 1.83 bits per heavy atom. The number of hydrogen-bond acceptors (Lipinski definition) is 4. The molecule has 6 nitrogen and oxygen atoms in total. The van der Waals surface area contributed by atoms with Gasteiger partial charge >= 0.3 is 0 Å². The van der Waals surface area contributed by atoms with E-state index in [1.165, 1.54) is 30.5 Å². The van der Waals surface area contributed by atoms with Crippen LogP contribution in [-0.4, -0.2) is 25.4 Å². The molecule has 0 radical (unpaired) electrons. The molecule has 8 heteroatoms. The van der Waals surface area contributed by atoms with E-state index >= 15 is 0 Å².